The van der Waals surface area contributed by atoms with Crippen molar-refractivity contribution in [3.63, 3.8) is 0 Å². The van der Waals surface area contributed by atoms with Gasteiger partial charge in [-0.15, -0.1) is 0 Å². The van der Waals surface area contributed by atoms with Crippen LogP contribution in [0.3, 0.4) is 0 Å². The molecule has 0 spiro atoms. The van der Waals surface area contributed by atoms with Gasteiger partial charge in [0.1, 0.15) is 0 Å². The second-order valence-corrected chi connectivity index (χ2v) is 4.36. The molecule has 0 bridgehead atoms. The molecule has 0 heterocycles. The molecule has 1 rings (SSSR count). The quantitative estimate of drug-likeness (QED) is 0.719. The molecule has 1 aromatic carbocycles. The summed E-state index contributed by atoms with van der Waals surface area (Å²) >= 11 is 3.26. The van der Waals surface area contributed by atoms with E-state index in [9.17, 15) is 13.2 Å². The van der Waals surface area contributed by atoms with E-state index in [1.807, 2.05) is 0 Å². The Kier molecular flexibility index (Phi) is 4.51. The highest BCUT2D eigenvalue weighted by Crippen LogP contribution is 2.25. The Bertz CT molecular complexity index is 444. The van der Waals surface area contributed by atoms with Crippen molar-refractivity contribution in [2.24, 2.45) is 4.99 Å². The highest BCUT2D eigenvalue weighted by Gasteiger charge is 2.30. The predicted octanol–water partition coefficient (Wildman–Crippen LogP) is 4.38. The summed E-state index contributed by atoms with van der Waals surface area (Å²) in [6, 6.07) is 6.95. The average Bonchev–Trinajstić information content (AvgIpc) is 2.25. The SMILES string of the molecule is C/N=C(\C=C(/C)C(F)(F)F)c1ccc(Br)cc1. The van der Waals surface area contributed by atoms with Gasteiger partial charge in [0, 0.05) is 17.1 Å². The van der Waals surface area contributed by atoms with Gasteiger partial charge in [-0.2, -0.15) is 13.2 Å². The number of hydrogen-bond acceptors (Lipinski definition) is 1. The Labute approximate surface area is 106 Å². The number of halogens is 4. The van der Waals surface area contributed by atoms with Gasteiger partial charge in [-0.1, -0.05) is 28.1 Å². The summed E-state index contributed by atoms with van der Waals surface area (Å²) in [5, 5.41) is 0. The maximum absolute atomic E-state index is 12.4. The van der Waals surface area contributed by atoms with Crippen molar-refractivity contribution in [1.29, 1.82) is 0 Å². The van der Waals surface area contributed by atoms with Crippen LogP contribution in [0.2, 0.25) is 0 Å². The zero-order valence-corrected chi connectivity index (χ0v) is 10.9. The molecule has 1 nitrogen and oxygen atoms in total. The summed E-state index contributed by atoms with van der Waals surface area (Å²) < 4.78 is 38.1. The largest absolute Gasteiger partial charge is 0.412 e. The lowest BCUT2D eigenvalue weighted by Crippen LogP contribution is -2.11. The molecule has 0 saturated heterocycles. The molecule has 0 aromatic heterocycles. The van der Waals surface area contributed by atoms with Crippen molar-refractivity contribution in [1.82, 2.24) is 0 Å². The molecule has 1 aromatic rings. The summed E-state index contributed by atoms with van der Waals surface area (Å²) in [5.74, 6) is 0. The number of rotatable bonds is 2. The first-order valence-electron chi connectivity index (χ1n) is 4.83. The zero-order chi connectivity index (χ0) is 13.1. The van der Waals surface area contributed by atoms with Crippen LogP contribution < -0.4 is 0 Å². The second kappa shape index (κ2) is 5.49. The predicted molar refractivity (Wildman–Crippen MR) is 66.4 cm³/mol. The third kappa shape index (κ3) is 4.00. The molecule has 0 unspecified atom stereocenters. The Morgan fingerprint density at radius 2 is 1.76 bits per heavy atom. The van der Waals surface area contributed by atoms with Crippen molar-refractivity contribution >= 4 is 21.6 Å². The van der Waals surface area contributed by atoms with E-state index in [0.29, 0.717) is 11.3 Å². The van der Waals surface area contributed by atoms with Gasteiger partial charge in [-0.3, -0.25) is 4.99 Å². The molecule has 17 heavy (non-hydrogen) atoms. The van der Waals surface area contributed by atoms with Crippen LogP contribution in [0.15, 0.2) is 45.4 Å². The summed E-state index contributed by atoms with van der Waals surface area (Å²) in [6.45, 7) is 1.03. The molecule has 0 atom stereocenters. The van der Waals surface area contributed by atoms with Gasteiger partial charge in [0.2, 0.25) is 0 Å². The Hall–Kier alpha value is -1.10. The van der Waals surface area contributed by atoms with Crippen molar-refractivity contribution in [2.45, 2.75) is 13.1 Å². The van der Waals surface area contributed by atoms with Crippen LogP contribution in [0.5, 0.6) is 0 Å². The van der Waals surface area contributed by atoms with Gasteiger partial charge in [0.25, 0.3) is 0 Å². The lowest BCUT2D eigenvalue weighted by Gasteiger charge is -2.08. The van der Waals surface area contributed by atoms with Crippen LogP contribution in [-0.2, 0) is 0 Å². The average molecular weight is 306 g/mol. The van der Waals surface area contributed by atoms with E-state index in [1.165, 1.54) is 7.05 Å². The number of alkyl halides is 3. The minimum Gasteiger partial charge on any atom is -0.288 e. The highest BCUT2D eigenvalue weighted by atomic mass is 79.9. The van der Waals surface area contributed by atoms with E-state index in [4.69, 9.17) is 0 Å². The van der Waals surface area contributed by atoms with Gasteiger partial charge in [0.05, 0.1) is 5.71 Å². The van der Waals surface area contributed by atoms with Crippen LogP contribution in [0.4, 0.5) is 13.2 Å². The number of benzene rings is 1. The minimum absolute atomic E-state index is 0.312. The summed E-state index contributed by atoms with van der Waals surface area (Å²) in [4.78, 5) is 3.87. The van der Waals surface area contributed by atoms with Gasteiger partial charge >= 0.3 is 6.18 Å². The van der Waals surface area contributed by atoms with Crippen molar-refractivity contribution in [3.8, 4) is 0 Å². The maximum atomic E-state index is 12.4. The molecule has 0 aliphatic rings. The van der Waals surface area contributed by atoms with Crippen molar-refractivity contribution < 1.29 is 13.2 Å². The Morgan fingerprint density at radius 1 is 1.24 bits per heavy atom. The van der Waals surface area contributed by atoms with Crippen molar-refractivity contribution in [2.75, 3.05) is 7.05 Å². The fraction of sp³-hybridized carbons (Fsp3) is 0.250. The smallest absolute Gasteiger partial charge is 0.288 e. The zero-order valence-electron chi connectivity index (χ0n) is 9.35. The normalized spacial score (nSPS) is 14.0. The molecule has 0 aliphatic heterocycles. The number of aliphatic imine (C=N–C) groups is 1. The third-order valence-electron chi connectivity index (χ3n) is 2.18. The van der Waals surface area contributed by atoms with Gasteiger partial charge in [-0.05, 0) is 30.7 Å². The number of nitrogens with zero attached hydrogens (tertiary/aromatic N) is 1. The first kappa shape index (κ1) is 14.0. The number of hydrogen-bond donors (Lipinski definition) is 0. The van der Waals surface area contributed by atoms with Crippen LogP contribution >= 0.6 is 15.9 Å². The topological polar surface area (TPSA) is 12.4 Å². The fourth-order valence-corrected chi connectivity index (χ4v) is 1.45. The fourth-order valence-electron chi connectivity index (χ4n) is 1.18. The van der Waals surface area contributed by atoms with Crippen LogP contribution in [0.25, 0.3) is 0 Å². The van der Waals surface area contributed by atoms with E-state index in [0.717, 1.165) is 17.5 Å². The molecule has 5 heteroatoms. The molecule has 0 fully saturated rings. The van der Waals surface area contributed by atoms with E-state index in [-0.39, 0.29) is 0 Å². The lowest BCUT2D eigenvalue weighted by atomic mass is 10.1. The summed E-state index contributed by atoms with van der Waals surface area (Å²) in [5.41, 5.74) is 0.299. The molecular weight excluding hydrogens is 295 g/mol. The van der Waals surface area contributed by atoms with Crippen LogP contribution in [-0.4, -0.2) is 18.9 Å². The summed E-state index contributed by atoms with van der Waals surface area (Å²) in [6.07, 6.45) is -3.27. The van der Waals surface area contributed by atoms with Crippen LogP contribution in [0.1, 0.15) is 12.5 Å². The third-order valence-corrected chi connectivity index (χ3v) is 2.71. The minimum atomic E-state index is -4.31. The molecule has 92 valence electrons. The van der Waals surface area contributed by atoms with E-state index in [2.05, 4.69) is 20.9 Å². The first-order chi connectivity index (χ1) is 7.84. The Morgan fingerprint density at radius 3 is 2.18 bits per heavy atom. The molecule has 0 amide bonds. The first-order valence-corrected chi connectivity index (χ1v) is 5.62. The Balaban J connectivity index is 3.07. The highest BCUT2D eigenvalue weighted by molar-refractivity contribution is 9.10. The molecular formula is C12H11BrF3N. The second-order valence-electron chi connectivity index (χ2n) is 3.44. The van der Waals surface area contributed by atoms with E-state index in [1.54, 1.807) is 24.3 Å². The molecule has 0 saturated carbocycles. The number of allylic oxidation sites excluding steroid dienone is 2. The van der Waals surface area contributed by atoms with Crippen LogP contribution in [0, 0.1) is 0 Å². The molecule has 0 aliphatic carbocycles. The molecule has 0 N–H and O–H groups in total. The van der Waals surface area contributed by atoms with Gasteiger partial charge in [-0.25, -0.2) is 0 Å². The maximum Gasteiger partial charge on any atom is 0.412 e. The van der Waals surface area contributed by atoms with E-state index < -0.39 is 11.7 Å². The lowest BCUT2D eigenvalue weighted by molar-refractivity contribution is -0.0912. The van der Waals surface area contributed by atoms with E-state index >= 15 is 0 Å². The monoisotopic (exact) mass is 305 g/mol. The molecule has 0 radical (unpaired) electrons. The van der Waals surface area contributed by atoms with Gasteiger partial charge < -0.3 is 0 Å². The van der Waals surface area contributed by atoms with Crippen molar-refractivity contribution in [3.05, 3.63) is 46.0 Å². The van der Waals surface area contributed by atoms with Gasteiger partial charge in [0.15, 0.2) is 0 Å². The standard InChI is InChI=1S/C12H11BrF3N/c1-8(12(14,15)16)7-11(17-2)9-3-5-10(13)6-4-9/h3-7H,1-2H3/b8-7+,17-11+. The summed E-state index contributed by atoms with van der Waals surface area (Å²) in [7, 11) is 1.47.